The molecule has 26 heavy (non-hydrogen) atoms. The van der Waals surface area contributed by atoms with Gasteiger partial charge in [-0.2, -0.15) is 0 Å². The Morgan fingerprint density at radius 1 is 0.885 bits per heavy atom. The molecule has 0 saturated carbocycles. The van der Waals surface area contributed by atoms with E-state index < -0.39 is 0 Å². The molecule has 0 unspecified atom stereocenters. The minimum atomic E-state index is -0.294. The average molecular weight is 361 g/mol. The number of methoxy groups -OCH3 is 4. The third-order valence-corrected chi connectivity index (χ3v) is 3.60. The number of amides is 1. The lowest BCUT2D eigenvalue weighted by Gasteiger charge is -2.14. The van der Waals surface area contributed by atoms with Crippen molar-refractivity contribution in [2.75, 3.05) is 47.0 Å². The molecule has 1 amide bonds. The van der Waals surface area contributed by atoms with Crippen LogP contribution >= 0.6 is 0 Å². The molecule has 1 N–H and O–H groups in total. The Hall–Kier alpha value is -2.93. The second-order valence-corrected chi connectivity index (χ2v) is 5.23. The van der Waals surface area contributed by atoms with Gasteiger partial charge in [0.05, 0.1) is 27.9 Å². The third-order valence-electron chi connectivity index (χ3n) is 3.60. The molecule has 0 bridgehead atoms. The van der Waals surface area contributed by atoms with Crippen LogP contribution in [-0.4, -0.2) is 47.6 Å². The molecule has 140 valence electrons. The number of hydrogen-bond donors (Lipinski definition) is 1. The lowest BCUT2D eigenvalue weighted by atomic mass is 10.1. The van der Waals surface area contributed by atoms with Crippen LogP contribution in [0.4, 0.5) is 5.69 Å². The Labute approximate surface area is 152 Å². The van der Waals surface area contributed by atoms with E-state index in [4.69, 9.17) is 23.7 Å². The van der Waals surface area contributed by atoms with Crippen molar-refractivity contribution in [1.82, 2.24) is 0 Å². The van der Waals surface area contributed by atoms with E-state index in [0.717, 1.165) is 0 Å². The van der Waals surface area contributed by atoms with E-state index in [1.165, 1.54) is 21.3 Å². The average Bonchev–Trinajstić information content (AvgIpc) is 2.68. The first-order valence-corrected chi connectivity index (χ1v) is 7.96. The molecule has 0 heterocycles. The summed E-state index contributed by atoms with van der Waals surface area (Å²) >= 11 is 0. The number of ether oxygens (including phenoxy) is 5. The summed E-state index contributed by atoms with van der Waals surface area (Å²) in [7, 11) is 6.13. The summed E-state index contributed by atoms with van der Waals surface area (Å²) in [5.41, 5.74) is 1.03. The fourth-order valence-corrected chi connectivity index (χ4v) is 2.29. The Kier molecular flexibility index (Phi) is 7.11. The van der Waals surface area contributed by atoms with Crippen LogP contribution in [-0.2, 0) is 4.74 Å². The zero-order chi connectivity index (χ0) is 18.9. The maximum Gasteiger partial charge on any atom is 0.255 e. The molecular formula is C19H23NO6. The molecular weight excluding hydrogens is 338 g/mol. The summed E-state index contributed by atoms with van der Waals surface area (Å²) in [5, 5.41) is 2.82. The van der Waals surface area contributed by atoms with Crippen molar-refractivity contribution in [2.24, 2.45) is 0 Å². The van der Waals surface area contributed by atoms with Crippen molar-refractivity contribution in [1.29, 1.82) is 0 Å². The topological polar surface area (TPSA) is 75.3 Å². The minimum absolute atomic E-state index is 0.294. The highest BCUT2D eigenvalue weighted by Crippen LogP contribution is 2.38. The number of hydrogen-bond acceptors (Lipinski definition) is 6. The monoisotopic (exact) mass is 361 g/mol. The third kappa shape index (κ3) is 4.80. The van der Waals surface area contributed by atoms with E-state index in [1.807, 2.05) is 0 Å². The zero-order valence-corrected chi connectivity index (χ0v) is 15.3. The fraction of sp³-hybridized carbons (Fsp3) is 0.316. The number of anilines is 1. The summed E-state index contributed by atoms with van der Waals surface area (Å²) in [6.45, 7) is 0.979. The maximum absolute atomic E-state index is 12.5. The lowest BCUT2D eigenvalue weighted by molar-refractivity contribution is 0.102. The number of benzene rings is 2. The normalized spacial score (nSPS) is 10.2. The van der Waals surface area contributed by atoms with Gasteiger partial charge in [-0.05, 0) is 36.4 Å². The van der Waals surface area contributed by atoms with E-state index in [-0.39, 0.29) is 5.91 Å². The van der Waals surface area contributed by atoms with Crippen LogP contribution in [0, 0.1) is 0 Å². The predicted molar refractivity (Wildman–Crippen MR) is 97.9 cm³/mol. The Balaban J connectivity index is 2.12. The van der Waals surface area contributed by atoms with E-state index in [1.54, 1.807) is 43.5 Å². The van der Waals surface area contributed by atoms with Crippen LogP contribution in [0.25, 0.3) is 0 Å². The standard InChI is InChI=1S/C19H23NO6/c1-22-9-10-26-15-7-5-14(6-8-15)20-19(21)13-11-16(23-2)18(25-4)17(12-13)24-3/h5-8,11-12H,9-10H2,1-4H3,(H,20,21). The number of rotatable bonds is 9. The summed E-state index contributed by atoms with van der Waals surface area (Å²) < 4.78 is 26.2. The van der Waals surface area contributed by atoms with Crippen molar-refractivity contribution in [3.63, 3.8) is 0 Å². The first kappa shape index (κ1) is 19.4. The van der Waals surface area contributed by atoms with Crippen molar-refractivity contribution in [3.8, 4) is 23.0 Å². The summed E-state index contributed by atoms with van der Waals surface area (Å²) in [5.74, 6) is 1.67. The SMILES string of the molecule is COCCOc1ccc(NC(=O)c2cc(OC)c(OC)c(OC)c2)cc1. The predicted octanol–water partition coefficient (Wildman–Crippen LogP) is 2.99. The molecule has 0 spiro atoms. The summed E-state index contributed by atoms with van der Waals surface area (Å²) in [6, 6.07) is 10.3. The van der Waals surface area contributed by atoms with Gasteiger partial charge in [-0.15, -0.1) is 0 Å². The molecule has 2 aromatic carbocycles. The first-order chi connectivity index (χ1) is 12.6. The Bertz CT molecular complexity index is 704. The molecule has 7 nitrogen and oxygen atoms in total. The van der Waals surface area contributed by atoms with E-state index in [9.17, 15) is 4.79 Å². The second-order valence-electron chi connectivity index (χ2n) is 5.23. The minimum Gasteiger partial charge on any atom is -0.493 e. The number of carbonyl (C=O) groups excluding carboxylic acids is 1. The van der Waals surface area contributed by atoms with Gasteiger partial charge in [0.2, 0.25) is 5.75 Å². The van der Waals surface area contributed by atoms with Crippen molar-refractivity contribution in [2.45, 2.75) is 0 Å². The van der Waals surface area contributed by atoms with Crippen LogP contribution in [0.5, 0.6) is 23.0 Å². The second kappa shape index (κ2) is 9.53. The van der Waals surface area contributed by atoms with Crippen molar-refractivity contribution in [3.05, 3.63) is 42.0 Å². The molecule has 2 rings (SSSR count). The lowest BCUT2D eigenvalue weighted by Crippen LogP contribution is -2.12. The highest BCUT2D eigenvalue weighted by Gasteiger charge is 2.17. The highest BCUT2D eigenvalue weighted by atomic mass is 16.5. The highest BCUT2D eigenvalue weighted by molar-refractivity contribution is 6.05. The largest absolute Gasteiger partial charge is 0.493 e. The molecule has 0 saturated heterocycles. The van der Waals surface area contributed by atoms with Crippen molar-refractivity contribution >= 4 is 11.6 Å². The van der Waals surface area contributed by atoms with Gasteiger partial charge in [0, 0.05) is 18.4 Å². The van der Waals surface area contributed by atoms with Gasteiger partial charge < -0.3 is 29.0 Å². The van der Waals surface area contributed by atoms with Gasteiger partial charge in [-0.25, -0.2) is 0 Å². The zero-order valence-electron chi connectivity index (χ0n) is 15.3. The van der Waals surface area contributed by atoms with Gasteiger partial charge in [-0.3, -0.25) is 4.79 Å². The number of nitrogens with one attached hydrogen (secondary N) is 1. The van der Waals surface area contributed by atoms with Gasteiger partial charge in [0.1, 0.15) is 12.4 Å². The van der Waals surface area contributed by atoms with Crippen LogP contribution in [0.15, 0.2) is 36.4 Å². The first-order valence-electron chi connectivity index (χ1n) is 7.96. The van der Waals surface area contributed by atoms with E-state index in [0.29, 0.717) is 47.5 Å². The molecule has 0 aromatic heterocycles. The number of carbonyl (C=O) groups is 1. The summed E-state index contributed by atoms with van der Waals surface area (Å²) in [4.78, 5) is 12.5. The van der Waals surface area contributed by atoms with Gasteiger partial charge in [0.15, 0.2) is 11.5 Å². The van der Waals surface area contributed by atoms with Crippen LogP contribution in [0.2, 0.25) is 0 Å². The quantitative estimate of drug-likeness (QED) is 0.692. The summed E-state index contributed by atoms with van der Waals surface area (Å²) in [6.07, 6.45) is 0. The molecule has 0 aliphatic heterocycles. The van der Waals surface area contributed by atoms with Crippen LogP contribution in [0.1, 0.15) is 10.4 Å². The molecule has 7 heteroatoms. The molecule has 0 aliphatic carbocycles. The molecule has 0 radical (unpaired) electrons. The van der Waals surface area contributed by atoms with E-state index in [2.05, 4.69) is 5.32 Å². The van der Waals surface area contributed by atoms with Gasteiger partial charge >= 0.3 is 0 Å². The Morgan fingerprint density at radius 2 is 1.50 bits per heavy atom. The fourth-order valence-electron chi connectivity index (χ4n) is 2.29. The molecule has 0 aliphatic rings. The molecule has 0 fully saturated rings. The Morgan fingerprint density at radius 3 is 2.00 bits per heavy atom. The molecule has 2 aromatic rings. The molecule has 0 atom stereocenters. The van der Waals surface area contributed by atoms with E-state index >= 15 is 0 Å². The van der Waals surface area contributed by atoms with Gasteiger partial charge in [-0.1, -0.05) is 0 Å². The maximum atomic E-state index is 12.5. The smallest absolute Gasteiger partial charge is 0.255 e. The van der Waals surface area contributed by atoms with Crippen LogP contribution in [0.3, 0.4) is 0 Å². The van der Waals surface area contributed by atoms with Crippen molar-refractivity contribution < 1.29 is 28.5 Å². The van der Waals surface area contributed by atoms with Crippen LogP contribution < -0.4 is 24.3 Å². The van der Waals surface area contributed by atoms with Gasteiger partial charge in [0.25, 0.3) is 5.91 Å².